The lowest BCUT2D eigenvalue weighted by atomic mass is 10.1. The molecule has 1 aliphatic rings. The first-order valence-electron chi connectivity index (χ1n) is 8.14. The minimum absolute atomic E-state index is 0.349. The zero-order valence-electron chi connectivity index (χ0n) is 14.1. The highest BCUT2D eigenvalue weighted by atomic mass is 15.3. The van der Waals surface area contributed by atoms with Crippen LogP contribution in [0.3, 0.4) is 0 Å². The molecule has 1 saturated heterocycles. The molecule has 118 valence electrons. The van der Waals surface area contributed by atoms with E-state index >= 15 is 0 Å². The summed E-state index contributed by atoms with van der Waals surface area (Å²) in [6, 6.07) is 5.22. The zero-order valence-corrected chi connectivity index (χ0v) is 14.1. The molecule has 4 nitrogen and oxygen atoms in total. The second-order valence-corrected chi connectivity index (χ2v) is 6.51. The number of nitrogens with zero attached hydrogens (tertiary/aromatic N) is 3. The molecule has 2 heterocycles. The number of rotatable bonds is 6. The monoisotopic (exact) mass is 290 g/mol. The SMILES string of the molecule is CCCNC(C)c1cccnc1N1CC(C)C(N(C)C)C1. The van der Waals surface area contributed by atoms with Gasteiger partial charge in [-0.1, -0.05) is 19.9 Å². The molecular weight excluding hydrogens is 260 g/mol. The molecular formula is C17H30N4. The third-order valence-corrected chi connectivity index (χ3v) is 4.52. The number of anilines is 1. The van der Waals surface area contributed by atoms with Gasteiger partial charge in [0.15, 0.2) is 0 Å². The lowest BCUT2D eigenvalue weighted by Gasteiger charge is -2.25. The average Bonchev–Trinajstić information content (AvgIpc) is 2.87. The maximum absolute atomic E-state index is 4.69. The summed E-state index contributed by atoms with van der Waals surface area (Å²) in [4.78, 5) is 9.48. The van der Waals surface area contributed by atoms with Gasteiger partial charge in [0.25, 0.3) is 0 Å². The minimum Gasteiger partial charge on any atom is -0.354 e. The molecule has 0 radical (unpaired) electrons. The molecule has 1 aromatic rings. The van der Waals surface area contributed by atoms with Crippen LogP contribution in [0.4, 0.5) is 5.82 Å². The topological polar surface area (TPSA) is 31.4 Å². The van der Waals surface area contributed by atoms with Crippen LogP contribution in [0.5, 0.6) is 0 Å². The Balaban J connectivity index is 2.17. The molecule has 4 heteroatoms. The average molecular weight is 290 g/mol. The van der Waals surface area contributed by atoms with Crippen LogP contribution in [0.1, 0.15) is 38.8 Å². The first-order valence-corrected chi connectivity index (χ1v) is 8.14. The molecule has 21 heavy (non-hydrogen) atoms. The van der Waals surface area contributed by atoms with E-state index in [2.05, 4.69) is 61.0 Å². The first kappa shape index (κ1) is 16.2. The highest BCUT2D eigenvalue weighted by molar-refractivity contribution is 5.49. The highest BCUT2D eigenvalue weighted by Gasteiger charge is 2.32. The van der Waals surface area contributed by atoms with Crippen molar-refractivity contribution in [3.63, 3.8) is 0 Å². The van der Waals surface area contributed by atoms with Gasteiger partial charge in [-0.05, 0) is 46.0 Å². The van der Waals surface area contributed by atoms with E-state index in [4.69, 9.17) is 0 Å². The first-order chi connectivity index (χ1) is 10.0. The highest BCUT2D eigenvalue weighted by Crippen LogP contribution is 2.29. The molecule has 0 spiro atoms. The molecule has 0 saturated carbocycles. The van der Waals surface area contributed by atoms with Crippen LogP contribution in [0, 0.1) is 5.92 Å². The van der Waals surface area contributed by atoms with Gasteiger partial charge in [-0.3, -0.25) is 0 Å². The standard InChI is InChI=1S/C17H30N4/c1-6-9-18-14(3)15-8-7-10-19-17(15)21-11-13(2)16(12-21)20(4)5/h7-8,10,13-14,16,18H,6,9,11-12H2,1-5H3. The van der Waals surface area contributed by atoms with Crippen molar-refractivity contribution >= 4 is 5.82 Å². The van der Waals surface area contributed by atoms with E-state index in [1.807, 2.05) is 12.3 Å². The summed E-state index contributed by atoms with van der Waals surface area (Å²) in [5.41, 5.74) is 1.32. The molecule has 2 rings (SSSR count). The Labute approximate surface area is 129 Å². The molecule has 0 aromatic carbocycles. The number of pyridine rings is 1. The number of nitrogens with one attached hydrogen (secondary N) is 1. The van der Waals surface area contributed by atoms with E-state index in [1.165, 1.54) is 5.56 Å². The smallest absolute Gasteiger partial charge is 0.133 e. The summed E-state index contributed by atoms with van der Waals surface area (Å²) in [6.45, 7) is 9.98. The molecule has 1 fully saturated rings. The third-order valence-electron chi connectivity index (χ3n) is 4.52. The Morgan fingerprint density at radius 1 is 1.43 bits per heavy atom. The van der Waals surface area contributed by atoms with Crippen LogP contribution in [-0.2, 0) is 0 Å². The Bertz CT molecular complexity index is 446. The summed E-state index contributed by atoms with van der Waals surface area (Å²) >= 11 is 0. The van der Waals surface area contributed by atoms with Crippen LogP contribution >= 0.6 is 0 Å². The fourth-order valence-electron chi connectivity index (χ4n) is 3.28. The van der Waals surface area contributed by atoms with E-state index in [0.29, 0.717) is 18.0 Å². The zero-order chi connectivity index (χ0) is 15.4. The number of aromatic nitrogens is 1. The largest absolute Gasteiger partial charge is 0.354 e. The van der Waals surface area contributed by atoms with E-state index < -0.39 is 0 Å². The van der Waals surface area contributed by atoms with Crippen LogP contribution in [-0.4, -0.2) is 49.7 Å². The summed E-state index contributed by atoms with van der Waals surface area (Å²) in [5, 5.41) is 3.58. The van der Waals surface area contributed by atoms with Gasteiger partial charge in [0.05, 0.1) is 0 Å². The molecule has 0 amide bonds. The fraction of sp³-hybridized carbons (Fsp3) is 0.706. The fourth-order valence-corrected chi connectivity index (χ4v) is 3.28. The van der Waals surface area contributed by atoms with Crippen LogP contribution in [0.2, 0.25) is 0 Å². The summed E-state index contributed by atoms with van der Waals surface area (Å²) in [6.07, 6.45) is 3.07. The van der Waals surface area contributed by atoms with E-state index in [-0.39, 0.29) is 0 Å². The van der Waals surface area contributed by atoms with E-state index in [9.17, 15) is 0 Å². The Hall–Kier alpha value is -1.13. The maximum atomic E-state index is 4.69. The Morgan fingerprint density at radius 2 is 2.19 bits per heavy atom. The van der Waals surface area contributed by atoms with Crippen molar-refractivity contribution in [1.29, 1.82) is 0 Å². The lowest BCUT2D eigenvalue weighted by Crippen LogP contribution is -2.34. The molecule has 1 N–H and O–H groups in total. The van der Waals surface area contributed by atoms with Gasteiger partial charge in [0, 0.05) is 36.9 Å². The minimum atomic E-state index is 0.349. The third kappa shape index (κ3) is 3.74. The van der Waals surface area contributed by atoms with Crippen molar-refractivity contribution < 1.29 is 0 Å². The van der Waals surface area contributed by atoms with Gasteiger partial charge < -0.3 is 15.1 Å². The van der Waals surface area contributed by atoms with Gasteiger partial charge in [-0.15, -0.1) is 0 Å². The van der Waals surface area contributed by atoms with Crippen LogP contribution in [0.15, 0.2) is 18.3 Å². The Kier molecular flexibility index (Phi) is 5.59. The van der Waals surface area contributed by atoms with Crippen LogP contribution in [0.25, 0.3) is 0 Å². The molecule has 3 atom stereocenters. The van der Waals surface area contributed by atoms with E-state index in [1.54, 1.807) is 0 Å². The molecule has 1 aliphatic heterocycles. The summed E-state index contributed by atoms with van der Waals surface area (Å²) < 4.78 is 0. The van der Waals surface area contributed by atoms with Crippen molar-refractivity contribution in [2.75, 3.05) is 38.6 Å². The Morgan fingerprint density at radius 3 is 2.81 bits per heavy atom. The van der Waals surface area contributed by atoms with Crippen LogP contribution < -0.4 is 10.2 Å². The molecule has 3 unspecified atom stereocenters. The van der Waals surface area contributed by atoms with E-state index in [0.717, 1.165) is 31.9 Å². The van der Waals surface area contributed by atoms with Gasteiger partial charge in [-0.25, -0.2) is 4.98 Å². The normalized spacial score (nSPS) is 23.8. The van der Waals surface area contributed by atoms with Crippen molar-refractivity contribution in [3.8, 4) is 0 Å². The molecule has 1 aromatic heterocycles. The van der Waals surface area contributed by atoms with Gasteiger partial charge in [-0.2, -0.15) is 0 Å². The molecule has 0 aliphatic carbocycles. The van der Waals surface area contributed by atoms with Gasteiger partial charge in [0.2, 0.25) is 0 Å². The second kappa shape index (κ2) is 7.23. The lowest BCUT2D eigenvalue weighted by molar-refractivity contribution is 0.266. The van der Waals surface area contributed by atoms with Crippen molar-refractivity contribution in [2.45, 2.75) is 39.3 Å². The predicted molar refractivity (Wildman–Crippen MR) is 89.8 cm³/mol. The second-order valence-electron chi connectivity index (χ2n) is 6.51. The predicted octanol–water partition coefficient (Wildman–Crippen LogP) is 2.53. The van der Waals surface area contributed by atoms with Crippen molar-refractivity contribution in [2.24, 2.45) is 5.92 Å². The van der Waals surface area contributed by atoms with Crippen molar-refractivity contribution in [3.05, 3.63) is 23.9 Å². The number of hydrogen-bond acceptors (Lipinski definition) is 4. The van der Waals surface area contributed by atoms with Crippen molar-refractivity contribution in [1.82, 2.24) is 15.2 Å². The summed E-state index contributed by atoms with van der Waals surface area (Å²) in [5.74, 6) is 1.83. The van der Waals surface area contributed by atoms with Gasteiger partial charge >= 0.3 is 0 Å². The molecule has 0 bridgehead atoms. The maximum Gasteiger partial charge on any atom is 0.133 e. The number of hydrogen-bond donors (Lipinski definition) is 1. The number of likely N-dealkylation sites (N-methyl/N-ethyl adjacent to an activating group) is 1. The summed E-state index contributed by atoms with van der Waals surface area (Å²) in [7, 11) is 4.35. The quantitative estimate of drug-likeness (QED) is 0.872. The van der Waals surface area contributed by atoms with Gasteiger partial charge in [0.1, 0.15) is 5.82 Å².